The van der Waals surface area contributed by atoms with E-state index in [0.29, 0.717) is 0 Å². The zero-order valence-corrected chi connectivity index (χ0v) is 8.36. The molecule has 1 aromatic rings. The molecule has 0 fully saturated rings. The Hall–Kier alpha value is -1.00. The summed E-state index contributed by atoms with van der Waals surface area (Å²) in [6.45, 7) is 0. The molecule has 2 unspecified atom stereocenters. The Morgan fingerprint density at radius 3 is 2.27 bits per heavy atom. The standard InChI is InChI=1S/C10H9ClF2O2/c11-7(9(15)10(12)13)8(14)6-4-2-1-3-5-6/h1-5,7,9-10,15H. The van der Waals surface area contributed by atoms with Crippen molar-refractivity contribution < 1.29 is 18.7 Å². The number of benzene rings is 1. The Kier molecular flexibility index (Phi) is 4.17. The van der Waals surface area contributed by atoms with Crippen LogP contribution in [0.15, 0.2) is 30.3 Å². The molecule has 0 spiro atoms. The summed E-state index contributed by atoms with van der Waals surface area (Å²) in [4.78, 5) is 11.5. The molecule has 82 valence electrons. The van der Waals surface area contributed by atoms with Crippen molar-refractivity contribution in [3.8, 4) is 0 Å². The van der Waals surface area contributed by atoms with E-state index in [1.807, 2.05) is 0 Å². The first kappa shape index (κ1) is 12.1. The first-order valence-corrected chi connectivity index (χ1v) is 4.67. The molecule has 15 heavy (non-hydrogen) atoms. The van der Waals surface area contributed by atoms with Crippen LogP contribution in [0.3, 0.4) is 0 Å². The van der Waals surface area contributed by atoms with Crippen LogP contribution in [-0.2, 0) is 0 Å². The van der Waals surface area contributed by atoms with Gasteiger partial charge in [0.25, 0.3) is 6.43 Å². The summed E-state index contributed by atoms with van der Waals surface area (Å²) in [6, 6.07) is 7.77. The summed E-state index contributed by atoms with van der Waals surface area (Å²) < 4.78 is 24.1. The van der Waals surface area contributed by atoms with Gasteiger partial charge in [-0.2, -0.15) is 0 Å². The summed E-state index contributed by atoms with van der Waals surface area (Å²) in [5.41, 5.74) is 0.206. The van der Waals surface area contributed by atoms with Gasteiger partial charge < -0.3 is 5.11 Å². The normalized spacial score (nSPS) is 15.0. The third-order valence-corrected chi connectivity index (χ3v) is 2.32. The van der Waals surface area contributed by atoms with E-state index in [0.717, 1.165) is 0 Å². The number of hydrogen-bond donors (Lipinski definition) is 1. The van der Waals surface area contributed by atoms with Crippen molar-refractivity contribution in [2.45, 2.75) is 17.9 Å². The van der Waals surface area contributed by atoms with Crippen molar-refractivity contribution in [2.75, 3.05) is 0 Å². The number of carbonyl (C=O) groups is 1. The van der Waals surface area contributed by atoms with Crippen LogP contribution in [0.5, 0.6) is 0 Å². The molecular weight excluding hydrogens is 226 g/mol. The molecule has 2 atom stereocenters. The first-order valence-electron chi connectivity index (χ1n) is 4.23. The molecule has 0 aliphatic carbocycles. The fourth-order valence-corrected chi connectivity index (χ4v) is 1.28. The number of halogens is 3. The summed E-state index contributed by atoms with van der Waals surface area (Å²) in [5.74, 6) is -0.704. The number of aliphatic hydroxyl groups is 1. The lowest BCUT2D eigenvalue weighted by Gasteiger charge is -2.14. The largest absolute Gasteiger partial charge is 0.385 e. The molecule has 1 N–H and O–H groups in total. The summed E-state index contributed by atoms with van der Waals surface area (Å²) in [7, 11) is 0. The van der Waals surface area contributed by atoms with Crippen LogP contribution >= 0.6 is 11.6 Å². The third-order valence-electron chi connectivity index (χ3n) is 1.87. The van der Waals surface area contributed by atoms with E-state index in [2.05, 4.69) is 0 Å². The molecule has 0 heterocycles. The zero-order chi connectivity index (χ0) is 11.4. The van der Waals surface area contributed by atoms with Crippen LogP contribution in [0.1, 0.15) is 10.4 Å². The van der Waals surface area contributed by atoms with Crippen LogP contribution in [0.25, 0.3) is 0 Å². The summed E-state index contributed by atoms with van der Waals surface area (Å²) in [6.07, 6.45) is -5.17. The minimum atomic E-state index is -3.03. The second kappa shape index (κ2) is 5.19. The van der Waals surface area contributed by atoms with Crippen molar-refractivity contribution in [1.82, 2.24) is 0 Å². The molecule has 1 aromatic carbocycles. The first-order chi connectivity index (χ1) is 7.04. The maximum atomic E-state index is 12.1. The fourth-order valence-electron chi connectivity index (χ4n) is 1.04. The highest BCUT2D eigenvalue weighted by atomic mass is 35.5. The van der Waals surface area contributed by atoms with Crippen molar-refractivity contribution in [1.29, 1.82) is 0 Å². The average molecular weight is 235 g/mol. The molecule has 0 amide bonds. The van der Waals surface area contributed by atoms with Gasteiger partial charge in [-0.1, -0.05) is 30.3 Å². The zero-order valence-electron chi connectivity index (χ0n) is 7.61. The molecule has 0 aliphatic rings. The Bertz CT molecular complexity index is 329. The number of carbonyl (C=O) groups excluding carboxylic acids is 1. The number of alkyl halides is 3. The van der Waals surface area contributed by atoms with Gasteiger partial charge in [0.1, 0.15) is 11.5 Å². The van der Waals surface area contributed by atoms with Gasteiger partial charge in [-0.15, -0.1) is 11.6 Å². The lowest BCUT2D eigenvalue weighted by Crippen LogP contribution is -2.34. The number of ketones is 1. The number of rotatable bonds is 4. The van der Waals surface area contributed by atoms with E-state index in [4.69, 9.17) is 16.7 Å². The molecule has 0 bridgehead atoms. The van der Waals surface area contributed by atoms with Crippen LogP contribution < -0.4 is 0 Å². The van der Waals surface area contributed by atoms with Crippen molar-refractivity contribution in [3.63, 3.8) is 0 Å². The summed E-state index contributed by atoms with van der Waals surface area (Å²) >= 11 is 5.43. The van der Waals surface area contributed by atoms with Gasteiger partial charge in [0.15, 0.2) is 5.78 Å². The highest BCUT2D eigenvalue weighted by Crippen LogP contribution is 2.16. The van der Waals surface area contributed by atoms with E-state index in [1.54, 1.807) is 18.2 Å². The number of hydrogen-bond acceptors (Lipinski definition) is 2. The number of aliphatic hydroxyl groups excluding tert-OH is 1. The Morgan fingerprint density at radius 1 is 1.27 bits per heavy atom. The smallest absolute Gasteiger partial charge is 0.265 e. The summed E-state index contributed by atoms with van der Waals surface area (Å²) in [5, 5.41) is 7.31. The predicted molar refractivity (Wildman–Crippen MR) is 52.4 cm³/mol. The topological polar surface area (TPSA) is 37.3 Å². The minimum absolute atomic E-state index is 0.206. The van der Waals surface area contributed by atoms with E-state index in [1.165, 1.54) is 12.1 Å². The second-order valence-electron chi connectivity index (χ2n) is 2.96. The molecule has 5 heteroatoms. The minimum Gasteiger partial charge on any atom is -0.385 e. The Morgan fingerprint density at radius 2 is 1.80 bits per heavy atom. The molecule has 0 aromatic heterocycles. The molecule has 0 saturated heterocycles. The van der Waals surface area contributed by atoms with Crippen LogP contribution in [0.4, 0.5) is 8.78 Å². The van der Waals surface area contributed by atoms with Gasteiger partial charge in [0.05, 0.1) is 0 Å². The molecular formula is C10H9ClF2O2. The number of Topliss-reactive ketones (excluding diaryl/α,β-unsaturated/α-hetero) is 1. The van der Waals surface area contributed by atoms with Gasteiger partial charge in [0.2, 0.25) is 0 Å². The van der Waals surface area contributed by atoms with Gasteiger partial charge >= 0.3 is 0 Å². The fraction of sp³-hybridized carbons (Fsp3) is 0.300. The highest BCUT2D eigenvalue weighted by molar-refractivity contribution is 6.34. The van der Waals surface area contributed by atoms with Crippen molar-refractivity contribution in [3.05, 3.63) is 35.9 Å². The van der Waals surface area contributed by atoms with E-state index in [-0.39, 0.29) is 5.56 Å². The molecule has 2 nitrogen and oxygen atoms in total. The van der Waals surface area contributed by atoms with Crippen LogP contribution in [0.2, 0.25) is 0 Å². The Labute approximate surface area is 90.5 Å². The Balaban J connectivity index is 2.78. The SMILES string of the molecule is O=C(c1ccccc1)C(Cl)C(O)C(F)F. The van der Waals surface area contributed by atoms with Gasteiger partial charge in [-0.05, 0) is 0 Å². The van der Waals surface area contributed by atoms with E-state index < -0.39 is 23.7 Å². The molecule has 0 radical (unpaired) electrons. The monoisotopic (exact) mass is 234 g/mol. The molecule has 1 rings (SSSR count). The quantitative estimate of drug-likeness (QED) is 0.640. The lowest BCUT2D eigenvalue weighted by atomic mass is 10.1. The van der Waals surface area contributed by atoms with E-state index >= 15 is 0 Å². The van der Waals surface area contributed by atoms with Crippen LogP contribution in [-0.4, -0.2) is 28.8 Å². The lowest BCUT2D eigenvalue weighted by molar-refractivity contribution is -0.00399. The maximum Gasteiger partial charge on any atom is 0.265 e. The van der Waals surface area contributed by atoms with E-state index in [9.17, 15) is 13.6 Å². The third kappa shape index (κ3) is 2.97. The maximum absolute atomic E-state index is 12.1. The van der Waals surface area contributed by atoms with Gasteiger partial charge in [0, 0.05) is 5.56 Å². The van der Waals surface area contributed by atoms with Crippen LogP contribution in [0, 0.1) is 0 Å². The second-order valence-corrected chi connectivity index (χ2v) is 3.43. The average Bonchev–Trinajstić information content (AvgIpc) is 2.27. The molecule has 0 saturated carbocycles. The predicted octanol–water partition coefficient (Wildman–Crippen LogP) is 2.10. The van der Waals surface area contributed by atoms with Gasteiger partial charge in [-0.25, -0.2) is 8.78 Å². The van der Waals surface area contributed by atoms with Gasteiger partial charge in [-0.3, -0.25) is 4.79 Å². The highest BCUT2D eigenvalue weighted by Gasteiger charge is 2.31. The van der Waals surface area contributed by atoms with Crippen molar-refractivity contribution >= 4 is 17.4 Å². The molecule has 0 aliphatic heterocycles. The van der Waals surface area contributed by atoms with Crippen molar-refractivity contribution in [2.24, 2.45) is 0 Å².